The number of amides is 1. The van der Waals surface area contributed by atoms with Gasteiger partial charge in [-0.15, -0.1) is 0 Å². The summed E-state index contributed by atoms with van der Waals surface area (Å²) in [6.07, 6.45) is 0. The Labute approximate surface area is 165 Å². The first-order chi connectivity index (χ1) is 13.5. The second-order valence-electron chi connectivity index (χ2n) is 7.25. The minimum absolute atomic E-state index is 0.0287. The molecule has 148 valence electrons. The van der Waals surface area contributed by atoms with Crippen LogP contribution in [0.25, 0.3) is 0 Å². The molecule has 2 aromatic carbocycles. The summed E-state index contributed by atoms with van der Waals surface area (Å²) in [7, 11) is 2.11. The molecule has 1 saturated heterocycles. The van der Waals surface area contributed by atoms with E-state index in [1.807, 2.05) is 6.92 Å². The molecule has 1 aliphatic rings. The Hall–Kier alpha value is -2.77. The Morgan fingerprint density at radius 3 is 2.39 bits per heavy atom. The monoisotopic (exact) mass is 382 g/mol. The summed E-state index contributed by atoms with van der Waals surface area (Å²) in [5.41, 5.74) is 2.24. The first kappa shape index (κ1) is 20.0. The highest BCUT2D eigenvalue weighted by molar-refractivity contribution is 5.98. The van der Waals surface area contributed by atoms with Crippen LogP contribution >= 0.6 is 0 Å². The van der Waals surface area contributed by atoms with Crippen molar-refractivity contribution in [3.05, 3.63) is 75.3 Å². The van der Waals surface area contributed by atoms with Gasteiger partial charge in [-0.2, -0.15) is 0 Å². The van der Waals surface area contributed by atoms with Crippen LogP contribution in [0.2, 0.25) is 0 Å². The average Bonchev–Trinajstić information content (AvgIpc) is 2.70. The number of carbonyl (C=O) groups excluding carboxylic acids is 1. The largest absolute Gasteiger partial charge is 0.350 e. The van der Waals surface area contributed by atoms with Crippen LogP contribution in [0.3, 0.4) is 0 Å². The van der Waals surface area contributed by atoms with Gasteiger partial charge in [0, 0.05) is 38.8 Å². The smallest absolute Gasteiger partial charge is 0.282 e. The van der Waals surface area contributed by atoms with Gasteiger partial charge in [-0.05, 0) is 25.6 Å². The zero-order valence-electron chi connectivity index (χ0n) is 16.3. The van der Waals surface area contributed by atoms with E-state index in [-0.39, 0.29) is 17.3 Å². The van der Waals surface area contributed by atoms with Crippen molar-refractivity contribution in [3.8, 4) is 0 Å². The lowest BCUT2D eigenvalue weighted by molar-refractivity contribution is -0.385. The number of nitrogens with one attached hydrogen (secondary N) is 1. The molecule has 0 radical (unpaired) electrons. The van der Waals surface area contributed by atoms with Crippen molar-refractivity contribution in [2.45, 2.75) is 13.0 Å². The molecule has 28 heavy (non-hydrogen) atoms. The van der Waals surface area contributed by atoms with E-state index in [0.717, 1.165) is 31.7 Å². The molecular weight excluding hydrogens is 356 g/mol. The van der Waals surface area contributed by atoms with E-state index >= 15 is 0 Å². The molecule has 7 heteroatoms. The van der Waals surface area contributed by atoms with Crippen molar-refractivity contribution in [1.29, 1.82) is 0 Å². The summed E-state index contributed by atoms with van der Waals surface area (Å²) < 4.78 is 0. The number of nitro groups is 1. The maximum absolute atomic E-state index is 12.7. The Bertz CT molecular complexity index is 830. The fraction of sp³-hybridized carbons (Fsp3) is 0.381. The van der Waals surface area contributed by atoms with Gasteiger partial charge in [0.05, 0.1) is 11.0 Å². The Kier molecular flexibility index (Phi) is 6.38. The number of aryl methyl sites for hydroxylation is 1. The Morgan fingerprint density at radius 1 is 1.11 bits per heavy atom. The highest BCUT2D eigenvalue weighted by Crippen LogP contribution is 2.23. The summed E-state index contributed by atoms with van der Waals surface area (Å²) in [6.45, 7) is 6.22. The molecule has 1 aliphatic heterocycles. The molecule has 1 atom stereocenters. The third-order valence-corrected chi connectivity index (χ3v) is 5.24. The number of carbonyl (C=O) groups is 1. The second-order valence-corrected chi connectivity index (χ2v) is 7.25. The summed E-state index contributed by atoms with van der Waals surface area (Å²) in [4.78, 5) is 28.0. The first-order valence-corrected chi connectivity index (χ1v) is 9.46. The number of piperazine rings is 1. The maximum Gasteiger partial charge on any atom is 0.282 e. The molecule has 1 unspecified atom stereocenters. The number of nitro benzene ring substituents is 1. The third-order valence-electron chi connectivity index (χ3n) is 5.24. The molecule has 0 aliphatic carbocycles. The fourth-order valence-electron chi connectivity index (χ4n) is 3.49. The van der Waals surface area contributed by atoms with Gasteiger partial charge in [0.15, 0.2) is 0 Å². The fourth-order valence-corrected chi connectivity index (χ4v) is 3.49. The van der Waals surface area contributed by atoms with Gasteiger partial charge in [-0.3, -0.25) is 19.8 Å². The molecule has 1 N–H and O–H groups in total. The number of nitrogens with zero attached hydrogens (tertiary/aromatic N) is 3. The lowest BCUT2D eigenvalue weighted by Gasteiger charge is -2.38. The lowest BCUT2D eigenvalue weighted by atomic mass is 10.0. The SMILES string of the molecule is Cc1ccc(C(CNC(=O)c2ccccc2[N+](=O)[O-])N2CCN(C)CC2)cc1. The molecule has 0 saturated carbocycles. The number of rotatable bonds is 6. The topological polar surface area (TPSA) is 78.7 Å². The van der Waals surface area contributed by atoms with Crippen LogP contribution in [0, 0.1) is 17.0 Å². The van der Waals surface area contributed by atoms with Crippen LogP contribution in [0.15, 0.2) is 48.5 Å². The standard InChI is InChI=1S/C21H26N4O3/c1-16-7-9-17(10-8-16)20(24-13-11-23(2)12-14-24)15-22-21(26)18-5-3-4-6-19(18)25(27)28/h3-10,20H,11-15H2,1-2H3,(H,22,26). The molecule has 1 heterocycles. The number of likely N-dealkylation sites (N-methyl/N-ethyl adjacent to an activating group) is 1. The summed E-state index contributed by atoms with van der Waals surface area (Å²) in [5.74, 6) is -0.418. The number of hydrogen-bond donors (Lipinski definition) is 1. The molecular formula is C21H26N4O3. The predicted molar refractivity (Wildman–Crippen MR) is 108 cm³/mol. The minimum Gasteiger partial charge on any atom is -0.350 e. The van der Waals surface area contributed by atoms with E-state index in [1.165, 1.54) is 17.7 Å². The molecule has 2 aromatic rings. The van der Waals surface area contributed by atoms with Gasteiger partial charge in [0.1, 0.15) is 5.56 Å². The molecule has 1 amide bonds. The van der Waals surface area contributed by atoms with Gasteiger partial charge in [-0.25, -0.2) is 0 Å². The molecule has 3 rings (SSSR count). The van der Waals surface area contributed by atoms with E-state index in [9.17, 15) is 14.9 Å². The van der Waals surface area contributed by atoms with Crippen molar-refractivity contribution < 1.29 is 9.72 Å². The van der Waals surface area contributed by atoms with E-state index in [1.54, 1.807) is 12.1 Å². The van der Waals surface area contributed by atoms with Gasteiger partial charge >= 0.3 is 0 Å². The van der Waals surface area contributed by atoms with Crippen molar-refractivity contribution in [2.75, 3.05) is 39.8 Å². The molecule has 1 fully saturated rings. The molecule has 0 spiro atoms. The summed E-state index contributed by atoms with van der Waals surface area (Å²) in [5, 5.41) is 14.1. The van der Waals surface area contributed by atoms with Gasteiger partial charge in [0.2, 0.25) is 0 Å². The average molecular weight is 382 g/mol. The van der Waals surface area contributed by atoms with Crippen LogP contribution in [0.1, 0.15) is 27.5 Å². The Balaban J connectivity index is 1.77. The zero-order valence-corrected chi connectivity index (χ0v) is 16.3. The van der Waals surface area contributed by atoms with Crippen molar-refractivity contribution >= 4 is 11.6 Å². The van der Waals surface area contributed by atoms with E-state index in [2.05, 4.69) is 46.4 Å². The van der Waals surface area contributed by atoms with Crippen LogP contribution in [0.4, 0.5) is 5.69 Å². The lowest BCUT2D eigenvalue weighted by Crippen LogP contribution is -2.48. The van der Waals surface area contributed by atoms with Crippen molar-refractivity contribution in [1.82, 2.24) is 15.1 Å². The van der Waals surface area contributed by atoms with E-state index in [4.69, 9.17) is 0 Å². The van der Waals surface area contributed by atoms with Crippen LogP contribution < -0.4 is 5.32 Å². The zero-order chi connectivity index (χ0) is 20.1. The maximum atomic E-state index is 12.7. The molecule has 0 bridgehead atoms. The van der Waals surface area contributed by atoms with Gasteiger partial charge in [0.25, 0.3) is 11.6 Å². The highest BCUT2D eigenvalue weighted by Gasteiger charge is 2.26. The number of para-hydroxylation sites is 1. The Morgan fingerprint density at radius 2 is 1.75 bits per heavy atom. The van der Waals surface area contributed by atoms with Crippen molar-refractivity contribution in [3.63, 3.8) is 0 Å². The van der Waals surface area contributed by atoms with Gasteiger partial charge < -0.3 is 10.2 Å². The predicted octanol–water partition coefficient (Wildman–Crippen LogP) is 2.62. The molecule has 0 aromatic heterocycles. The van der Waals surface area contributed by atoms with Gasteiger partial charge in [-0.1, -0.05) is 42.0 Å². The highest BCUT2D eigenvalue weighted by atomic mass is 16.6. The second kappa shape index (κ2) is 8.95. The normalized spacial score (nSPS) is 16.5. The quantitative estimate of drug-likeness (QED) is 0.614. The van der Waals surface area contributed by atoms with Crippen LogP contribution in [-0.2, 0) is 0 Å². The summed E-state index contributed by atoms with van der Waals surface area (Å²) >= 11 is 0. The van der Waals surface area contributed by atoms with Crippen LogP contribution in [0.5, 0.6) is 0 Å². The van der Waals surface area contributed by atoms with Crippen LogP contribution in [-0.4, -0.2) is 60.4 Å². The summed E-state index contributed by atoms with van der Waals surface area (Å²) in [6, 6.07) is 14.4. The number of hydrogen-bond acceptors (Lipinski definition) is 5. The first-order valence-electron chi connectivity index (χ1n) is 9.46. The molecule has 7 nitrogen and oxygen atoms in total. The third kappa shape index (κ3) is 4.74. The minimum atomic E-state index is -0.521. The van der Waals surface area contributed by atoms with E-state index < -0.39 is 10.8 Å². The number of benzene rings is 2. The van der Waals surface area contributed by atoms with Crippen molar-refractivity contribution in [2.24, 2.45) is 0 Å². The van der Waals surface area contributed by atoms with E-state index in [0.29, 0.717) is 6.54 Å².